The maximum absolute atomic E-state index is 11.7. The zero-order chi connectivity index (χ0) is 19.1. The molecule has 0 bridgehead atoms. The van der Waals surface area contributed by atoms with E-state index in [1.165, 1.54) is 6.92 Å². The molecule has 148 valence electrons. The fourth-order valence-corrected chi connectivity index (χ4v) is 1.88. The summed E-state index contributed by atoms with van der Waals surface area (Å²) >= 11 is 0. The van der Waals surface area contributed by atoms with Crippen LogP contribution in [-0.2, 0) is 23.7 Å². The predicted molar refractivity (Wildman–Crippen MR) is 93.8 cm³/mol. The van der Waals surface area contributed by atoms with Crippen LogP contribution >= 0.6 is 0 Å². The number of hydrogen-bond acceptors (Lipinski definition) is 7. The van der Waals surface area contributed by atoms with Gasteiger partial charge < -0.3 is 29.2 Å². The Kier molecular flexibility index (Phi) is 13.6. The molecule has 0 aromatic carbocycles. The van der Waals surface area contributed by atoms with Crippen LogP contribution in [0, 0.1) is 5.92 Å². The molecule has 0 spiro atoms. The van der Waals surface area contributed by atoms with Crippen LogP contribution in [0.2, 0.25) is 0 Å². The second-order valence-corrected chi connectivity index (χ2v) is 6.36. The highest BCUT2D eigenvalue weighted by Crippen LogP contribution is 2.15. The lowest BCUT2D eigenvalue weighted by Crippen LogP contribution is -2.43. The predicted octanol–water partition coefficient (Wildman–Crippen LogP) is 2.01. The van der Waals surface area contributed by atoms with E-state index in [1.807, 2.05) is 0 Å². The third-order valence-corrected chi connectivity index (χ3v) is 3.25. The maximum atomic E-state index is 11.7. The Morgan fingerprint density at radius 3 is 2.36 bits per heavy atom. The summed E-state index contributed by atoms with van der Waals surface area (Å²) in [5.41, 5.74) is 0.158. The van der Waals surface area contributed by atoms with Crippen LogP contribution in [0.25, 0.3) is 0 Å². The average Bonchev–Trinajstić information content (AvgIpc) is 2.53. The molecule has 7 nitrogen and oxygen atoms in total. The first-order chi connectivity index (χ1) is 11.8. The minimum absolute atomic E-state index is 0.0694. The molecule has 0 aliphatic rings. The monoisotopic (exact) mass is 362 g/mol. The SMILES string of the molecule is C=C(C)C(=O)OC(O)(COCCOCCO)OCCCCCC(C)C. The van der Waals surface area contributed by atoms with Crippen molar-refractivity contribution in [2.75, 3.05) is 39.6 Å². The number of carbonyl (C=O) groups is 1. The second-order valence-electron chi connectivity index (χ2n) is 6.36. The van der Waals surface area contributed by atoms with E-state index in [2.05, 4.69) is 20.4 Å². The quantitative estimate of drug-likeness (QED) is 0.188. The molecular formula is C18H34O7. The van der Waals surface area contributed by atoms with E-state index in [-0.39, 0.29) is 45.2 Å². The van der Waals surface area contributed by atoms with E-state index >= 15 is 0 Å². The van der Waals surface area contributed by atoms with E-state index in [0.717, 1.165) is 25.7 Å². The number of ether oxygens (including phenoxy) is 4. The summed E-state index contributed by atoms with van der Waals surface area (Å²) in [4.78, 5) is 11.7. The lowest BCUT2D eigenvalue weighted by atomic mass is 10.1. The summed E-state index contributed by atoms with van der Waals surface area (Å²) < 4.78 is 20.6. The van der Waals surface area contributed by atoms with Crippen LogP contribution in [0.15, 0.2) is 12.2 Å². The molecule has 2 N–H and O–H groups in total. The van der Waals surface area contributed by atoms with Gasteiger partial charge in [0.2, 0.25) is 0 Å². The lowest BCUT2D eigenvalue weighted by Gasteiger charge is -2.27. The van der Waals surface area contributed by atoms with Crippen molar-refractivity contribution in [1.82, 2.24) is 0 Å². The fourth-order valence-electron chi connectivity index (χ4n) is 1.88. The molecule has 0 radical (unpaired) electrons. The summed E-state index contributed by atoms with van der Waals surface area (Å²) in [5.74, 6) is -2.23. The Balaban J connectivity index is 4.23. The van der Waals surface area contributed by atoms with Crippen LogP contribution in [-0.4, -0.2) is 61.8 Å². The molecule has 0 saturated heterocycles. The summed E-state index contributed by atoms with van der Waals surface area (Å²) in [6.45, 7) is 9.80. The first-order valence-corrected chi connectivity index (χ1v) is 8.82. The molecule has 0 aliphatic heterocycles. The molecule has 7 heteroatoms. The number of carbonyl (C=O) groups excluding carboxylic acids is 1. The van der Waals surface area contributed by atoms with Crippen LogP contribution in [0.4, 0.5) is 0 Å². The van der Waals surface area contributed by atoms with Gasteiger partial charge in [0.25, 0.3) is 0 Å². The number of rotatable bonds is 16. The molecule has 0 aromatic heterocycles. The Bertz CT molecular complexity index is 370. The average molecular weight is 362 g/mol. The first kappa shape index (κ1) is 24.0. The molecule has 1 unspecified atom stereocenters. The van der Waals surface area contributed by atoms with Crippen LogP contribution in [0.1, 0.15) is 46.5 Å². The molecule has 1 atom stereocenters. The molecule has 0 rings (SSSR count). The Labute approximate surface area is 150 Å². The Hall–Kier alpha value is -0.990. The minimum atomic E-state index is -2.15. The van der Waals surface area contributed by atoms with E-state index in [4.69, 9.17) is 24.1 Å². The van der Waals surface area contributed by atoms with Gasteiger partial charge in [0, 0.05) is 5.57 Å². The fraction of sp³-hybridized carbons (Fsp3) is 0.833. The van der Waals surface area contributed by atoms with Crippen molar-refractivity contribution in [3.8, 4) is 0 Å². The highest BCUT2D eigenvalue weighted by atomic mass is 16.8. The standard InChI is InChI=1S/C18H34O7/c1-15(2)8-6-5-7-10-24-18(21,25-17(20)16(3)4)14-23-13-12-22-11-9-19/h15,19,21H,3,5-14H2,1-2,4H3. The van der Waals surface area contributed by atoms with Gasteiger partial charge >= 0.3 is 11.9 Å². The lowest BCUT2D eigenvalue weighted by molar-refractivity contribution is -0.357. The largest absolute Gasteiger partial charge is 0.402 e. The van der Waals surface area contributed by atoms with Crippen molar-refractivity contribution in [1.29, 1.82) is 0 Å². The summed E-state index contributed by atoms with van der Waals surface area (Å²) in [6.07, 6.45) is 3.95. The number of hydrogen-bond donors (Lipinski definition) is 2. The van der Waals surface area contributed by atoms with Gasteiger partial charge in [-0.2, -0.15) is 0 Å². The molecule has 0 heterocycles. The van der Waals surface area contributed by atoms with E-state index in [9.17, 15) is 9.90 Å². The number of unbranched alkanes of at least 4 members (excludes halogenated alkanes) is 2. The summed E-state index contributed by atoms with van der Waals surface area (Å²) in [5, 5.41) is 19.0. The highest BCUT2D eigenvalue weighted by molar-refractivity contribution is 5.87. The highest BCUT2D eigenvalue weighted by Gasteiger charge is 2.33. The minimum Gasteiger partial charge on any atom is -0.402 e. The van der Waals surface area contributed by atoms with Crippen molar-refractivity contribution >= 4 is 5.97 Å². The van der Waals surface area contributed by atoms with Gasteiger partial charge in [-0.15, -0.1) is 0 Å². The summed E-state index contributed by atoms with van der Waals surface area (Å²) in [6, 6.07) is 0. The zero-order valence-electron chi connectivity index (χ0n) is 15.8. The molecule has 0 aliphatic carbocycles. The van der Waals surface area contributed by atoms with Gasteiger partial charge in [0.1, 0.15) is 6.61 Å². The Morgan fingerprint density at radius 1 is 1.08 bits per heavy atom. The molecule has 0 fully saturated rings. The van der Waals surface area contributed by atoms with Gasteiger partial charge in [0.05, 0.1) is 33.0 Å². The maximum Gasteiger partial charge on any atom is 0.351 e. The normalized spacial score (nSPS) is 13.7. The third-order valence-electron chi connectivity index (χ3n) is 3.25. The van der Waals surface area contributed by atoms with Crippen LogP contribution in [0.5, 0.6) is 0 Å². The summed E-state index contributed by atoms with van der Waals surface area (Å²) in [7, 11) is 0. The topological polar surface area (TPSA) is 94.5 Å². The van der Waals surface area contributed by atoms with Crippen LogP contribution < -0.4 is 0 Å². The van der Waals surface area contributed by atoms with Crippen molar-refractivity contribution in [3.05, 3.63) is 12.2 Å². The van der Waals surface area contributed by atoms with Crippen molar-refractivity contribution in [2.24, 2.45) is 5.92 Å². The number of aliphatic hydroxyl groups is 2. The van der Waals surface area contributed by atoms with Crippen molar-refractivity contribution < 1.29 is 34.0 Å². The molecule has 0 amide bonds. The zero-order valence-corrected chi connectivity index (χ0v) is 15.8. The van der Waals surface area contributed by atoms with Crippen molar-refractivity contribution in [2.45, 2.75) is 52.4 Å². The van der Waals surface area contributed by atoms with E-state index < -0.39 is 11.9 Å². The number of esters is 1. The van der Waals surface area contributed by atoms with Gasteiger partial charge in [-0.1, -0.05) is 39.7 Å². The smallest absolute Gasteiger partial charge is 0.351 e. The van der Waals surface area contributed by atoms with E-state index in [0.29, 0.717) is 5.92 Å². The molecule has 0 aromatic rings. The molecule has 0 saturated carbocycles. The molecular weight excluding hydrogens is 328 g/mol. The van der Waals surface area contributed by atoms with Crippen molar-refractivity contribution in [3.63, 3.8) is 0 Å². The molecule has 25 heavy (non-hydrogen) atoms. The van der Waals surface area contributed by atoms with Gasteiger partial charge in [-0.05, 0) is 19.3 Å². The Morgan fingerprint density at radius 2 is 1.76 bits per heavy atom. The number of aliphatic hydroxyl groups excluding tert-OH is 1. The third kappa shape index (κ3) is 13.9. The first-order valence-electron chi connectivity index (χ1n) is 8.82. The van der Waals surface area contributed by atoms with Gasteiger partial charge in [-0.25, -0.2) is 4.79 Å². The van der Waals surface area contributed by atoms with Crippen LogP contribution in [0.3, 0.4) is 0 Å². The van der Waals surface area contributed by atoms with Gasteiger partial charge in [-0.3, -0.25) is 0 Å². The second kappa shape index (κ2) is 14.2. The van der Waals surface area contributed by atoms with E-state index in [1.54, 1.807) is 0 Å². The van der Waals surface area contributed by atoms with Gasteiger partial charge in [0.15, 0.2) is 0 Å².